The fraction of sp³-hybridized carbons (Fsp3) is 0.125. The number of hydrogen-bond acceptors (Lipinski definition) is 3. The van der Waals surface area contributed by atoms with Gasteiger partial charge in [-0.15, -0.1) is 5.10 Å². The van der Waals surface area contributed by atoms with Gasteiger partial charge in [-0.2, -0.15) is 0 Å². The summed E-state index contributed by atoms with van der Waals surface area (Å²) < 4.78 is 1.64. The molecule has 0 aliphatic carbocycles. The molecule has 0 fully saturated rings. The van der Waals surface area contributed by atoms with Crippen LogP contribution in [-0.4, -0.2) is 20.7 Å². The van der Waals surface area contributed by atoms with Crippen LogP contribution in [0.25, 0.3) is 17.1 Å². The van der Waals surface area contributed by atoms with Crippen LogP contribution in [0.4, 0.5) is 5.69 Å². The lowest BCUT2D eigenvalue weighted by atomic mass is 10.1. The summed E-state index contributed by atoms with van der Waals surface area (Å²) in [7, 11) is 0. The van der Waals surface area contributed by atoms with Crippen LogP contribution in [-0.2, 0) is 0 Å². The molecular weight excluding hydrogens is 431 g/mol. The zero-order chi connectivity index (χ0) is 22.1. The van der Waals surface area contributed by atoms with Crippen LogP contribution in [0.3, 0.4) is 0 Å². The van der Waals surface area contributed by atoms with Crippen LogP contribution in [0.1, 0.15) is 27.3 Å². The Hall–Kier alpha value is -3.15. The Kier molecular flexibility index (Phi) is 5.81. The Morgan fingerprint density at radius 3 is 2.23 bits per heavy atom. The summed E-state index contributed by atoms with van der Waals surface area (Å²) in [4.78, 5) is 17.5. The van der Waals surface area contributed by atoms with Crippen molar-refractivity contribution in [3.05, 3.63) is 93.2 Å². The standard InChI is InChI=1S/C24H20Cl2N4O/c1-14-5-11-20(12-16(14)3)27-24(31)22-28-23(17-6-9-18(25)10-7-17)30(29-22)21-13-19(26)8-4-15(21)2/h4-13H,1-3H3,(H,27,31). The molecule has 0 bridgehead atoms. The predicted molar refractivity (Wildman–Crippen MR) is 125 cm³/mol. The van der Waals surface area contributed by atoms with Crippen molar-refractivity contribution in [2.24, 2.45) is 0 Å². The number of amides is 1. The monoisotopic (exact) mass is 450 g/mol. The van der Waals surface area contributed by atoms with Crippen molar-refractivity contribution in [3.8, 4) is 17.1 Å². The Morgan fingerprint density at radius 1 is 0.839 bits per heavy atom. The zero-order valence-electron chi connectivity index (χ0n) is 17.3. The second kappa shape index (κ2) is 8.53. The molecule has 4 aromatic rings. The van der Waals surface area contributed by atoms with Crippen LogP contribution in [0.2, 0.25) is 10.0 Å². The number of halogens is 2. The fourth-order valence-electron chi connectivity index (χ4n) is 3.18. The molecule has 31 heavy (non-hydrogen) atoms. The third kappa shape index (κ3) is 4.48. The number of anilines is 1. The predicted octanol–water partition coefficient (Wildman–Crippen LogP) is 6.42. The molecule has 3 aromatic carbocycles. The van der Waals surface area contributed by atoms with Crippen molar-refractivity contribution in [1.29, 1.82) is 0 Å². The Morgan fingerprint density at radius 2 is 1.52 bits per heavy atom. The molecule has 0 spiro atoms. The molecule has 4 rings (SSSR count). The molecule has 1 amide bonds. The number of carbonyl (C=O) groups excluding carboxylic acids is 1. The third-order valence-corrected chi connectivity index (χ3v) is 5.56. The maximum absolute atomic E-state index is 12.9. The molecule has 0 unspecified atom stereocenters. The van der Waals surface area contributed by atoms with Crippen LogP contribution in [0.15, 0.2) is 60.7 Å². The first-order chi connectivity index (χ1) is 14.8. The highest BCUT2D eigenvalue weighted by Gasteiger charge is 2.20. The summed E-state index contributed by atoms with van der Waals surface area (Å²) in [6.07, 6.45) is 0. The highest BCUT2D eigenvalue weighted by Crippen LogP contribution is 2.27. The number of hydrogen-bond donors (Lipinski definition) is 1. The number of carbonyl (C=O) groups is 1. The van der Waals surface area contributed by atoms with Crippen molar-refractivity contribution in [2.45, 2.75) is 20.8 Å². The lowest BCUT2D eigenvalue weighted by Gasteiger charge is -2.09. The minimum absolute atomic E-state index is 0.0579. The summed E-state index contributed by atoms with van der Waals surface area (Å²) >= 11 is 12.3. The van der Waals surface area contributed by atoms with Gasteiger partial charge in [-0.1, -0.05) is 35.3 Å². The van der Waals surface area contributed by atoms with E-state index in [2.05, 4.69) is 15.4 Å². The van der Waals surface area contributed by atoms with Gasteiger partial charge in [0.15, 0.2) is 5.82 Å². The normalized spacial score (nSPS) is 10.9. The van der Waals surface area contributed by atoms with Gasteiger partial charge >= 0.3 is 0 Å². The number of benzene rings is 3. The minimum Gasteiger partial charge on any atom is -0.319 e. The van der Waals surface area contributed by atoms with Gasteiger partial charge in [0, 0.05) is 21.3 Å². The van der Waals surface area contributed by atoms with Crippen molar-refractivity contribution < 1.29 is 4.79 Å². The Balaban J connectivity index is 1.78. The average Bonchev–Trinajstić information content (AvgIpc) is 3.18. The van der Waals surface area contributed by atoms with Crippen molar-refractivity contribution >= 4 is 34.8 Å². The molecule has 1 heterocycles. The molecule has 0 atom stereocenters. The molecule has 0 saturated heterocycles. The first-order valence-corrected chi connectivity index (χ1v) is 10.5. The van der Waals surface area contributed by atoms with Gasteiger partial charge in [-0.05, 0) is 86.0 Å². The number of aryl methyl sites for hydroxylation is 3. The van der Waals surface area contributed by atoms with E-state index < -0.39 is 5.91 Å². The fourth-order valence-corrected chi connectivity index (χ4v) is 3.47. The van der Waals surface area contributed by atoms with E-state index in [0.717, 1.165) is 27.9 Å². The number of nitrogens with zero attached hydrogens (tertiary/aromatic N) is 3. The smallest absolute Gasteiger partial charge is 0.295 e. The van der Waals surface area contributed by atoms with E-state index in [4.69, 9.17) is 23.2 Å². The van der Waals surface area contributed by atoms with E-state index >= 15 is 0 Å². The van der Waals surface area contributed by atoms with Crippen molar-refractivity contribution in [2.75, 3.05) is 5.32 Å². The lowest BCUT2D eigenvalue weighted by molar-refractivity contribution is 0.101. The summed E-state index contributed by atoms with van der Waals surface area (Å²) in [5.41, 5.74) is 5.41. The third-order valence-electron chi connectivity index (χ3n) is 5.08. The molecule has 1 N–H and O–H groups in total. The molecular formula is C24H20Cl2N4O. The second-order valence-electron chi connectivity index (χ2n) is 7.36. The van der Waals surface area contributed by atoms with Gasteiger partial charge in [0.25, 0.3) is 5.91 Å². The largest absolute Gasteiger partial charge is 0.319 e. The van der Waals surface area contributed by atoms with Gasteiger partial charge in [-0.25, -0.2) is 9.67 Å². The summed E-state index contributed by atoms with van der Waals surface area (Å²) in [6.45, 7) is 5.97. The molecule has 0 aliphatic heterocycles. The van der Waals surface area contributed by atoms with E-state index in [1.165, 1.54) is 0 Å². The van der Waals surface area contributed by atoms with Crippen LogP contribution in [0, 0.1) is 20.8 Å². The van der Waals surface area contributed by atoms with E-state index in [-0.39, 0.29) is 5.82 Å². The van der Waals surface area contributed by atoms with E-state index in [1.807, 2.05) is 63.2 Å². The summed E-state index contributed by atoms with van der Waals surface area (Å²) in [5.74, 6) is 0.187. The first-order valence-electron chi connectivity index (χ1n) is 9.70. The van der Waals surface area contributed by atoms with Gasteiger partial charge in [-0.3, -0.25) is 4.79 Å². The van der Waals surface area contributed by atoms with Gasteiger partial charge in [0.1, 0.15) is 0 Å². The van der Waals surface area contributed by atoms with Crippen LogP contribution in [0.5, 0.6) is 0 Å². The van der Waals surface area contributed by atoms with Gasteiger partial charge in [0.2, 0.25) is 5.82 Å². The van der Waals surface area contributed by atoms with E-state index in [9.17, 15) is 4.79 Å². The van der Waals surface area contributed by atoms with Crippen molar-refractivity contribution in [1.82, 2.24) is 14.8 Å². The van der Waals surface area contributed by atoms with Gasteiger partial charge < -0.3 is 5.32 Å². The quantitative estimate of drug-likeness (QED) is 0.390. The molecule has 7 heteroatoms. The first kappa shape index (κ1) is 21.1. The van der Waals surface area contributed by atoms with Crippen LogP contribution >= 0.6 is 23.2 Å². The number of rotatable bonds is 4. The minimum atomic E-state index is -0.392. The Bertz CT molecular complexity index is 1280. The lowest BCUT2D eigenvalue weighted by Crippen LogP contribution is -2.14. The molecule has 156 valence electrons. The highest BCUT2D eigenvalue weighted by atomic mass is 35.5. The highest BCUT2D eigenvalue weighted by molar-refractivity contribution is 6.31. The Labute approximate surface area is 190 Å². The van der Waals surface area contributed by atoms with E-state index in [1.54, 1.807) is 22.9 Å². The SMILES string of the molecule is Cc1ccc(NC(=O)c2nc(-c3ccc(Cl)cc3)n(-c3cc(Cl)ccc3C)n2)cc1C. The number of nitrogens with one attached hydrogen (secondary N) is 1. The maximum atomic E-state index is 12.9. The van der Waals surface area contributed by atoms with Crippen LogP contribution < -0.4 is 5.32 Å². The topological polar surface area (TPSA) is 59.8 Å². The molecule has 5 nitrogen and oxygen atoms in total. The molecule has 0 saturated carbocycles. The van der Waals surface area contributed by atoms with E-state index in [0.29, 0.717) is 21.6 Å². The summed E-state index contributed by atoms with van der Waals surface area (Å²) in [6, 6.07) is 18.5. The maximum Gasteiger partial charge on any atom is 0.295 e. The number of aromatic nitrogens is 3. The second-order valence-corrected chi connectivity index (χ2v) is 8.23. The summed E-state index contributed by atoms with van der Waals surface area (Å²) in [5, 5.41) is 8.58. The molecule has 0 radical (unpaired) electrons. The van der Waals surface area contributed by atoms with Gasteiger partial charge in [0.05, 0.1) is 5.69 Å². The van der Waals surface area contributed by atoms with Crippen molar-refractivity contribution in [3.63, 3.8) is 0 Å². The average molecular weight is 451 g/mol. The molecule has 1 aromatic heterocycles. The molecule has 0 aliphatic rings. The zero-order valence-corrected chi connectivity index (χ0v) is 18.8.